The molecule has 2 heterocycles. The Hall–Kier alpha value is -1.41. The molecule has 0 atom stereocenters. The summed E-state index contributed by atoms with van der Waals surface area (Å²) in [6.07, 6.45) is -0.207. The zero-order chi connectivity index (χ0) is 16.7. The molecule has 2 rings (SSSR count). The van der Waals surface area contributed by atoms with Crippen molar-refractivity contribution in [2.45, 2.75) is 44.4 Å². The number of hydrogen-bond donors (Lipinski definition) is 0. The average Bonchev–Trinajstić information content (AvgIpc) is 2.33. The summed E-state index contributed by atoms with van der Waals surface area (Å²) < 4.78 is 41.6. The molecule has 0 saturated carbocycles. The number of nitrogens with zero attached hydrogens (tertiary/aromatic N) is 2. The summed E-state index contributed by atoms with van der Waals surface area (Å²) in [5.74, 6) is -1.03. The molecule has 0 N–H and O–H groups in total. The summed E-state index contributed by atoms with van der Waals surface area (Å²) in [6.45, 7) is 5.67. The summed E-state index contributed by atoms with van der Waals surface area (Å²) in [4.78, 5) is 17.2. The van der Waals surface area contributed by atoms with E-state index >= 15 is 0 Å². The van der Waals surface area contributed by atoms with Gasteiger partial charge in [0.25, 0.3) is 9.05 Å². The summed E-state index contributed by atoms with van der Waals surface area (Å²) in [6, 6.07) is 1.05. The van der Waals surface area contributed by atoms with Crippen molar-refractivity contribution in [3.05, 3.63) is 23.1 Å². The fourth-order valence-corrected chi connectivity index (χ4v) is 2.91. The first-order chi connectivity index (χ1) is 9.97. The molecule has 0 aliphatic carbocycles. The van der Waals surface area contributed by atoms with Gasteiger partial charge in [-0.05, 0) is 32.4 Å². The molecule has 1 aromatic heterocycles. The minimum absolute atomic E-state index is 0.108. The quantitative estimate of drug-likeness (QED) is 0.727. The van der Waals surface area contributed by atoms with Gasteiger partial charge < -0.3 is 9.64 Å². The number of aromatic nitrogens is 1. The third-order valence-corrected chi connectivity index (χ3v) is 4.16. The smallest absolute Gasteiger partial charge is 0.410 e. The van der Waals surface area contributed by atoms with Gasteiger partial charge in [-0.15, -0.1) is 0 Å². The maximum atomic E-state index is 13.8. The van der Waals surface area contributed by atoms with Crippen LogP contribution in [0.2, 0.25) is 0 Å². The summed E-state index contributed by atoms with van der Waals surface area (Å²) in [7, 11) is 0.903. The highest BCUT2D eigenvalue weighted by Crippen LogP contribution is 2.25. The molecule has 0 saturated heterocycles. The predicted molar refractivity (Wildman–Crippen MR) is 77.6 cm³/mol. The largest absolute Gasteiger partial charge is 0.444 e. The van der Waals surface area contributed by atoms with E-state index in [0.717, 1.165) is 6.07 Å². The standard InChI is InChI=1S/C13H16ClFN2O4S/c1-13(2,3)21-12(18)17-5-4-10-8(7-17)6-9(15)11(16-10)22(14,19)20/h6H,4-5,7H2,1-3H3. The molecule has 122 valence electrons. The van der Waals surface area contributed by atoms with Gasteiger partial charge in [-0.3, -0.25) is 0 Å². The zero-order valence-corrected chi connectivity index (χ0v) is 14.0. The molecule has 1 aromatic rings. The Morgan fingerprint density at radius 3 is 2.64 bits per heavy atom. The lowest BCUT2D eigenvalue weighted by Gasteiger charge is -2.30. The molecule has 0 radical (unpaired) electrons. The fraction of sp³-hybridized carbons (Fsp3) is 0.538. The van der Waals surface area contributed by atoms with Crippen LogP contribution in [0.4, 0.5) is 9.18 Å². The van der Waals surface area contributed by atoms with Crippen molar-refractivity contribution in [1.82, 2.24) is 9.88 Å². The summed E-state index contributed by atoms with van der Waals surface area (Å²) >= 11 is 0. The van der Waals surface area contributed by atoms with E-state index in [1.165, 1.54) is 4.90 Å². The first kappa shape index (κ1) is 17.0. The highest BCUT2D eigenvalue weighted by Gasteiger charge is 2.29. The number of fused-ring (bicyclic) bond motifs is 1. The summed E-state index contributed by atoms with van der Waals surface area (Å²) in [5.41, 5.74) is 0.233. The van der Waals surface area contributed by atoms with Gasteiger partial charge in [0.05, 0.1) is 6.54 Å². The normalized spacial score (nSPS) is 15.4. The number of amides is 1. The average molecular weight is 351 g/mol. The number of pyridine rings is 1. The summed E-state index contributed by atoms with van der Waals surface area (Å²) in [5, 5.41) is -0.779. The van der Waals surface area contributed by atoms with E-state index in [9.17, 15) is 17.6 Å². The molecule has 1 aliphatic heterocycles. The van der Waals surface area contributed by atoms with Crippen molar-refractivity contribution in [2.24, 2.45) is 0 Å². The third kappa shape index (κ3) is 3.86. The molecule has 0 fully saturated rings. The lowest BCUT2D eigenvalue weighted by molar-refractivity contribution is 0.0222. The van der Waals surface area contributed by atoms with Crippen molar-refractivity contribution in [1.29, 1.82) is 0 Å². The number of carbonyl (C=O) groups is 1. The number of ether oxygens (including phenoxy) is 1. The van der Waals surface area contributed by atoms with Crippen molar-refractivity contribution in [3.63, 3.8) is 0 Å². The van der Waals surface area contributed by atoms with E-state index in [2.05, 4.69) is 4.98 Å². The molecule has 0 bridgehead atoms. The molecule has 0 aromatic carbocycles. The first-order valence-electron chi connectivity index (χ1n) is 6.58. The molecule has 6 nitrogen and oxygen atoms in total. The molecule has 1 amide bonds. The zero-order valence-electron chi connectivity index (χ0n) is 12.4. The van der Waals surface area contributed by atoms with Crippen LogP contribution in [0.5, 0.6) is 0 Å². The van der Waals surface area contributed by atoms with E-state index in [0.29, 0.717) is 24.2 Å². The van der Waals surface area contributed by atoms with Crippen LogP contribution < -0.4 is 0 Å². The second-order valence-corrected chi connectivity index (χ2v) is 8.45. The van der Waals surface area contributed by atoms with E-state index in [1.54, 1.807) is 20.8 Å². The Morgan fingerprint density at radius 2 is 2.09 bits per heavy atom. The maximum Gasteiger partial charge on any atom is 0.410 e. The molecule has 22 heavy (non-hydrogen) atoms. The Kier molecular flexibility index (Phi) is 4.36. The molecule has 1 aliphatic rings. The number of rotatable bonds is 1. The van der Waals surface area contributed by atoms with E-state index in [4.69, 9.17) is 15.4 Å². The number of hydrogen-bond acceptors (Lipinski definition) is 5. The van der Waals surface area contributed by atoms with Gasteiger partial charge in [0.1, 0.15) is 5.60 Å². The van der Waals surface area contributed by atoms with E-state index < -0.39 is 31.6 Å². The molecule has 0 unspecified atom stereocenters. The number of carbonyl (C=O) groups excluding carboxylic acids is 1. The van der Waals surface area contributed by atoms with Crippen molar-refractivity contribution in [2.75, 3.05) is 6.54 Å². The third-order valence-electron chi connectivity index (χ3n) is 2.97. The topological polar surface area (TPSA) is 76.6 Å². The molecule has 0 spiro atoms. The Morgan fingerprint density at radius 1 is 1.45 bits per heavy atom. The van der Waals surface area contributed by atoms with E-state index in [-0.39, 0.29) is 6.54 Å². The van der Waals surface area contributed by atoms with Gasteiger partial charge in [0.15, 0.2) is 5.82 Å². The minimum Gasteiger partial charge on any atom is -0.444 e. The van der Waals surface area contributed by atoms with Crippen LogP contribution in [0.25, 0.3) is 0 Å². The fourth-order valence-electron chi connectivity index (χ4n) is 2.08. The van der Waals surface area contributed by atoms with Crippen LogP contribution in [0, 0.1) is 5.82 Å². The second kappa shape index (κ2) is 5.66. The highest BCUT2D eigenvalue weighted by atomic mass is 35.7. The van der Waals surface area contributed by atoms with E-state index in [1.807, 2.05) is 0 Å². The maximum absolute atomic E-state index is 13.8. The lowest BCUT2D eigenvalue weighted by Crippen LogP contribution is -2.40. The lowest BCUT2D eigenvalue weighted by atomic mass is 10.1. The van der Waals surface area contributed by atoms with Gasteiger partial charge >= 0.3 is 6.09 Å². The van der Waals surface area contributed by atoms with Crippen LogP contribution in [0.15, 0.2) is 11.1 Å². The van der Waals surface area contributed by atoms with Gasteiger partial charge in [0.2, 0.25) is 5.03 Å². The molecular formula is C13H16ClFN2O4S. The van der Waals surface area contributed by atoms with Gasteiger partial charge in [-0.1, -0.05) is 0 Å². The molecular weight excluding hydrogens is 335 g/mol. The van der Waals surface area contributed by atoms with Crippen molar-refractivity contribution < 1.29 is 22.3 Å². The predicted octanol–water partition coefficient (Wildman–Crippen LogP) is 2.44. The van der Waals surface area contributed by atoms with Crippen molar-refractivity contribution >= 4 is 25.8 Å². The Balaban J connectivity index is 2.25. The van der Waals surface area contributed by atoms with Crippen LogP contribution >= 0.6 is 10.7 Å². The van der Waals surface area contributed by atoms with Crippen LogP contribution in [0.1, 0.15) is 32.0 Å². The van der Waals surface area contributed by atoms with Crippen molar-refractivity contribution in [3.8, 4) is 0 Å². The number of halogens is 2. The minimum atomic E-state index is -4.24. The van der Waals surface area contributed by atoms with Crippen LogP contribution in [-0.2, 0) is 26.8 Å². The van der Waals surface area contributed by atoms with Gasteiger partial charge in [-0.25, -0.2) is 22.6 Å². The monoisotopic (exact) mass is 350 g/mol. The van der Waals surface area contributed by atoms with Crippen LogP contribution in [-0.4, -0.2) is 36.5 Å². The highest BCUT2D eigenvalue weighted by molar-refractivity contribution is 8.13. The van der Waals surface area contributed by atoms with Gasteiger partial charge in [0, 0.05) is 29.3 Å². The Labute approximate surface area is 132 Å². The first-order valence-corrected chi connectivity index (χ1v) is 8.89. The van der Waals surface area contributed by atoms with Gasteiger partial charge in [-0.2, -0.15) is 0 Å². The Bertz CT molecular complexity index is 715. The van der Waals surface area contributed by atoms with Crippen LogP contribution in [0.3, 0.4) is 0 Å². The second-order valence-electron chi connectivity index (χ2n) is 5.97. The SMILES string of the molecule is CC(C)(C)OC(=O)N1CCc2nc(S(=O)(=O)Cl)c(F)cc2C1. The molecule has 9 heteroatoms.